The normalized spacial score (nSPS) is 16.6. The minimum atomic E-state index is -0.739. The number of halogens is 3. The number of amidine groups is 1. The highest BCUT2D eigenvalue weighted by atomic mass is 19.1. The maximum Gasteiger partial charge on any atom is 0.165 e. The Labute approximate surface area is 306 Å². The topological polar surface area (TPSA) is 61.9 Å². The summed E-state index contributed by atoms with van der Waals surface area (Å²) in [5, 5.41) is 4.52. The van der Waals surface area contributed by atoms with Gasteiger partial charge in [-0.1, -0.05) is 52.5 Å². The quantitative estimate of drug-likeness (QED) is 0.0788. The van der Waals surface area contributed by atoms with Crippen molar-refractivity contribution in [2.75, 3.05) is 18.5 Å². The van der Waals surface area contributed by atoms with Crippen molar-refractivity contribution in [3.8, 4) is 16.9 Å². The molecule has 0 bridgehead atoms. The Morgan fingerprint density at radius 2 is 1.67 bits per heavy atom. The Morgan fingerprint density at radius 1 is 0.962 bits per heavy atom. The van der Waals surface area contributed by atoms with E-state index in [1.54, 1.807) is 19.3 Å². The molecule has 2 aromatic heterocycles. The van der Waals surface area contributed by atoms with Gasteiger partial charge in [0.1, 0.15) is 23.2 Å². The van der Waals surface area contributed by atoms with Gasteiger partial charge in [-0.05, 0) is 88.4 Å². The molecule has 2 atom stereocenters. The number of nitrogens with zero attached hydrogens (tertiary/aromatic N) is 7. The summed E-state index contributed by atoms with van der Waals surface area (Å²) in [4.78, 5) is 19.0. The Balaban J connectivity index is 1.55. The standard InChI is InChI=1S/C42H50F3N7/c1-10-26(5)41-21-30(25-50(41)28(7)35-24-47-52(42(35)48-27(6)11-2)40-20-18-32(44)23-36(40)45)37-15-14-16-38(49-37)34-22-31(43)17-19-39(34)51(29(8)46-9)33(12-3)13-4/h14-20,22-24,30,33,41H,5,7,10-13,21,25H2,1-4,6,8-9H3. The van der Waals surface area contributed by atoms with Gasteiger partial charge in [0.15, 0.2) is 11.6 Å². The number of pyridine rings is 1. The Morgan fingerprint density at radius 3 is 2.33 bits per heavy atom. The number of hydrogen-bond donors (Lipinski definition) is 0. The minimum Gasteiger partial charge on any atom is -0.364 e. The highest BCUT2D eigenvalue weighted by Gasteiger charge is 2.37. The first kappa shape index (κ1) is 38.2. The molecule has 2 unspecified atom stereocenters. The van der Waals surface area contributed by atoms with Crippen molar-refractivity contribution in [3.63, 3.8) is 0 Å². The number of benzene rings is 2. The molecular formula is C42H50F3N7. The third-order valence-corrected chi connectivity index (χ3v) is 10.2. The van der Waals surface area contributed by atoms with Gasteiger partial charge < -0.3 is 9.80 Å². The van der Waals surface area contributed by atoms with Crippen molar-refractivity contribution in [2.24, 2.45) is 9.98 Å². The highest BCUT2D eigenvalue weighted by Crippen LogP contribution is 2.42. The fourth-order valence-corrected chi connectivity index (χ4v) is 7.02. The molecule has 52 heavy (non-hydrogen) atoms. The van der Waals surface area contributed by atoms with Gasteiger partial charge in [0.2, 0.25) is 0 Å². The first-order valence-corrected chi connectivity index (χ1v) is 18.2. The van der Waals surface area contributed by atoms with E-state index in [1.807, 2.05) is 45.0 Å². The van der Waals surface area contributed by atoms with Crippen molar-refractivity contribution >= 4 is 28.7 Å². The molecule has 5 rings (SSSR count). The SMILES string of the molecule is C=C(CC)C1CC(c2cccc(-c3cc(F)ccc3N(C(C)=NC)C(CC)CC)n2)CN1C(=C)c1cnn(-c2ccc(F)cc2F)c1N=C(C)CC. The summed E-state index contributed by atoms with van der Waals surface area (Å²) in [6, 6.07) is 14.4. The molecule has 0 radical (unpaired) electrons. The average molecular weight is 710 g/mol. The van der Waals surface area contributed by atoms with Crippen LogP contribution in [0.3, 0.4) is 0 Å². The molecule has 4 aromatic rings. The molecule has 1 fully saturated rings. The second kappa shape index (κ2) is 16.6. The largest absolute Gasteiger partial charge is 0.364 e. The van der Waals surface area contributed by atoms with Crippen molar-refractivity contribution in [1.29, 1.82) is 0 Å². The predicted molar refractivity (Wildman–Crippen MR) is 208 cm³/mol. The lowest BCUT2D eigenvalue weighted by Crippen LogP contribution is -2.39. The zero-order valence-electron chi connectivity index (χ0n) is 31.4. The van der Waals surface area contributed by atoms with Crippen LogP contribution < -0.4 is 4.90 Å². The van der Waals surface area contributed by atoms with Crippen LogP contribution in [0.25, 0.3) is 22.6 Å². The van der Waals surface area contributed by atoms with Crippen LogP contribution in [0.2, 0.25) is 0 Å². The van der Waals surface area contributed by atoms with E-state index in [0.717, 1.165) is 60.3 Å². The van der Waals surface area contributed by atoms with Gasteiger partial charge in [0, 0.05) is 54.3 Å². The number of likely N-dealkylation sites (tertiary alicyclic amines) is 1. The smallest absolute Gasteiger partial charge is 0.165 e. The molecule has 7 nitrogen and oxygen atoms in total. The van der Waals surface area contributed by atoms with Gasteiger partial charge in [0.25, 0.3) is 0 Å². The highest BCUT2D eigenvalue weighted by molar-refractivity contribution is 6.00. The van der Waals surface area contributed by atoms with Gasteiger partial charge in [-0.2, -0.15) is 5.10 Å². The fraction of sp³-hybridized carbons (Fsp3) is 0.381. The summed E-state index contributed by atoms with van der Waals surface area (Å²) in [5.41, 5.74) is 6.44. The van der Waals surface area contributed by atoms with Crippen LogP contribution in [-0.4, -0.2) is 56.9 Å². The molecule has 0 amide bonds. The zero-order valence-corrected chi connectivity index (χ0v) is 31.4. The maximum absolute atomic E-state index is 15.0. The molecule has 10 heteroatoms. The van der Waals surface area contributed by atoms with Crippen molar-refractivity contribution in [1.82, 2.24) is 19.7 Å². The average Bonchev–Trinajstić information content (AvgIpc) is 3.78. The van der Waals surface area contributed by atoms with Crippen LogP contribution >= 0.6 is 0 Å². The summed E-state index contributed by atoms with van der Waals surface area (Å²) >= 11 is 0. The number of aliphatic imine (C=N–C) groups is 2. The van der Waals surface area contributed by atoms with E-state index in [4.69, 9.17) is 9.98 Å². The monoisotopic (exact) mass is 709 g/mol. The lowest BCUT2D eigenvalue weighted by molar-refractivity contribution is 0.403. The third-order valence-electron chi connectivity index (χ3n) is 10.2. The van der Waals surface area contributed by atoms with Crippen LogP contribution in [0.4, 0.5) is 24.7 Å². The fourth-order valence-electron chi connectivity index (χ4n) is 7.02. The second-order valence-corrected chi connectivity index (χ2v) is 13.4. The molecule has 2 aromatic carbocycles. The van der Waals surface area contributed by atoms with E-state index in [2.05, 4.69) is 53.8 Å². The van der Waals surface area contributed by atoms with E-state index in [1.165, 1.54) is 22.9 Å². The van der Waals surface area contributed by atoms with Gasteiger partial charge in [0.05, 0.1) is 29.2 Å². The molecule has 1 aliphatic rings. The first-order valence-electron chi connectivity index (χ1n) is 18.2. The molecule has 274 valence electrons. The number of hydrogen-bond acceptors (Lipinski definition) is 5. The number of aromatic nitrogens is 3. The molecule has 0 N–H and O–H groups in total. The first-order chi connectivity index (χ1) is 24.9. The summed E-state index contributed by atoms with van der Waals surface area (Å²) in [5.74, 6) is -0.460. The summed E-state index contributed by atoms with van der Waals surface area (Å²) in [6.07, 6.45) is 5.64. The van der Waals surface area contributed by atoms with Crippen LogP contribution in [0, 0.1) is 17.5 Å². The Kier molecular flexibility index (Phi) is 12.2. The molecule has 1 aliphatic heterocycles. The number of rotatable bonds is 13. The van der Waals surface area contributed by atoms with Gasteiger partial charge in [-0.25, -0.2) is 22.8 Å². The van der Waals surface area contributed by atoms with Crippen LogP contribution in [0.15, 0.2) is 89.5 Å². The summed E-state index contributed by atoms with van der Waals surface area (Å²) < 4.78 is 45.3. The molecule has 0 spiro atoms. The lowest BCUT2D eigenvalue weighted by atomic mass is 9.96. The Bertz CT molecular complexity index is 1990. The Hall–Kier alpha value is -4.99. The van der Waals surface area contributed by atoms with Crippen molar-refractivity contribution < 1.29 is 13.2 Å². The van der Waals surface area contributed by atoms with E-state index < -0.39 is 11.6 Å². The zero-order chi connectivity index (χ0) is 37.7. The van der Waals surface area contributed by atoms with Crippen molar-refractivity contribution in [3.05, 3.63) is 108 Å². The van der Waals surface area contributed by atoms with E-state index in [9.17, 15) is 8.78 Å². The van der Waals surface area contributed by atoms with Gasteiger partial charge >= 0.3 is 0 Å². The summed E-state index contributed by atoms with van der Waals surface area (Å²) in [7, 11) is 1.78. The second-order valence-electron chi connectivity index (χ2n) is 13.4. The molecule has 1 saturated heterocycles. The van der Waals surface area contributed by atoms with E-state index in [-0.39, 0.29) is 29.5 Å². The molecule has 0 saturated carbocycles. The van der Waals surface area contributed by atoms with E-state index in [0.29, 0.717) is 41.3 Å². The number of anilines is 1. The predicted octanol–water partition coefficient (Wildman–Crippen LogP) is 10.7. The van der Waals surface area contributed by atoms with Crippen LogP contribution in [0.5, 0.6) is 0 Å². The van der Waals surface area contributed by atoms with Crippen LogP contribution in [-0.2, 0) is 0 Å². The molecule has 3 heterocycles. The van der Waals surface area contributed by atoms with E-state index >= 15 is 4.39 Å². The molecular weight excluding hydrogens is 660 g/mol. The lowest BCUT2D eigenvalue weighted by Gasteiger charge is -2.33. The van der Waals surface area contributed by atoms with Crippen LogP contribution in [0.1, 0.15) is 90.8 Å². The maximum atomic E-state index is 15.0. The van der Waals surface area contributed by atoms with Crippen molar-refractivity contribution in [2.45, 2.75) is 91.6 Å². The summed E-state index contributed by atoms with van der Waals surface area (Å²) in [6.45, 7) is 21.8. The third kappa shape index (κ3) is 7.76. The minimum absolute atomic E-state index is 0.00463. The van der Waals surface area contributed by atoms with Gasteiger partial charge in [-0.3, -0.25) is 9.98 Å². The molecule has 0 aliphatic carbocycles. The van der Waals surface area contributed by atoms with Gasteiger partial charge in [-0.15, -0.1) is 0 Å².